The van der Waals surface area contributed by atoms with Gasteiger partial charge in [-0.15, -0.1) is 0 Å². The van der Waals surface area contributed by atoms with Crippen LogP contribution >= 0.6 is 0 Å². The first kappa shape index (κ1) is 14.7. The molecule has 2 heteroatoms. The van der Waals surface area contributed by atoms with Crippen molar-refractivity contribution in [1.29, 1.82) is 0 Å². The lowest BCUT2D eigenvalue weighted by Gasteiger charge is -2.36. The van der Waals surface area contributed by atoms with Crippen molar-refractivity contribution in [3.63, 3.8) is 0 Å². The van der Waals surface area contributed by atoms with Gasteiger partial charge < -0.3 is 0 Å². The Morgan fingerprint density at radius 1 is 1.12 bits per heavy atom. The largest absolute Gasteiger partial charge is 0.300 e. The van der Waals surface area contributed by atoms with Crippen molar-refractivity contribution in [2.75, 3.05) is 13.1 Å². The highest BCUT2D eigenvalue weighted by molar-refractivity contribution is 5.82. The van der Waals surface area contributed by atoms with E-state index in [1.54, 1.807) is 0 Å². The zero-order valence-electron chi connectivity index (χ0n) is 11.9. The van der Waals surface area contributed by atoms with Crippen LogP contribution in [-0.2, 0) is 4.79 Å². The van der Waals surface area contributed by atoms with Gasteiger partial charge in [0.25, 0.3) is 0 Å². The first-order valence-electron chi connectivity index (χ1n) is 7.43. The van der Waals surface area contributed by atoms with Crippen LogP contribution in [0.15, 0.2) is 0 Å². The lowest BCUT2D eigenvalue weighted by atomic mass is 9.90. The monoisotopic (exact) mass is 239 g/mol. The Morgan fingerprint density at radius 2 is 1.76 bits per heavy atom. The van der Waals surface area contributed by atoms with Gasteiger partial charge in [0.15, 0.2) is 0 Å². The van der Waals surface area contributed by atoms with E-state index in [0.29, 0.717) is 11.8 Å². The van der Waals surface area contributed by atoms with Gasteiger partial charge in [-0.25, -0.2) is 0 Å². The Morgan fingerprint density at radius 3 is 2.47 bits per heavy atom. The van der Waals surface area contributed by atoms with E-state index in [1.807, 2.05) is 0 Å². The number of hydrogen-bond acceptors (Lipinski definition) is 2. The van der Waals surface area contributed by atoms with Gasteiger partial charge in [0.1, 0.15) is 5.78 Å². The van der Waals surface area contributed by atoms with Crippen molar-refractivity contribution in [3.05, 3.63) is 0 Å². The summed E-state index contributed by atoms with van der Waals surface area (Å²) >= 11 is 0. The van der Waals surface area contributed by atoms with Crippen LogP contribution in [0, 0.1) is 5.92 Å². The van der Waals surface area contributed by atoms with Gasteiger partial charge >= 0.3 is 0 Å². The maximum Gasteiger partial charge on any atom is 0.138 e. The Labute approximate surface area is 107 Å². The highest BCUT2D eigenvalue weighted by atomic mass is 16.1. The van der Waals surface area contributed by atoms with E-state index in [2.05, 4.69) is 25.7 Å². The molecule has 1 fully saturated rings. The molecule has 0 spiro atoms. The third kappa shape index (κ3) is 4.79. The molecule has 1 aliphatic heterocycles. The molecule has 1 aliphatic rings. The maximum absolute atomic E-state index is 11.6. The molecule has 0 radical (unpaired) electrons. The molecule has 100 valence electrons. The zero-order valence-corrected chi connectivity index (χ0v) is 11.9. The highest BCUT2D eigenvalue weighted by Gasteiger charge is 2.29. The Bertz CT molecular complexity index is 227. The van der Waals surface area contributed by atoms with E-state index in [9.17, 15) is 4.79 Å². The molecular formula is C15H29NO. The second kappa shape index (κ2) is 7.86. The lowest BCUT2D eigenvalue weighted by molar-refractivity contribution is -0.127. The van der Waals surface area contributed by atoms with Gasteiger partial charge in [-0.1, -0.05) is 46.0 Å². The fraction of sp³-hybridized carbons (Fsp3) is 0.933. The molecule has 1 saturated heterocycles. The Hall–Kier alpha value is -0.370. The van der Waals surface area contributed by atoms with E-state index >= 15 is 0 Å². The van der Waals surface area contributed by atoms with Gasteiger partial charge in [-0.05, 0) is 19.9 Å². The fourth-order valence-electron chi connectivity index (χ4n) is 2.68. The summed E-state index contributed by atoms with van der Waals surface area (Å²) in [6.45, 7) is 8.72. The van der Waals surface area contributed by atoms with Gasteiger partial charge in [-0.2, -0.15) is 0 Å². The van der Waals surface area contributed by atoms with E-state index in [4.69, 9.17) is 0 Å². The van der Waals surface area contributed by atoms with Crippen LogP contribution in [0.2, 0.25) is 0 Å². The molecular weight excluding hydrogens is 210 g/mol. The average Bonchev–Trinajstić information content (AvgIpc) is 2.33. The lowest BCUT2D eigenvalue weighted by Crippen LogP contribution is -2.47. The average molecular weight is 239 g/mol. The highest BCUT2D eigenvalue weighted by Crippen LogP contribution is 2.20. The molecule has 0 aromatic carbocycles. The van der Waals surface area contributed by atoms with Crippen LogP contribution in [-0.4, -0.2) is 29.8 Å². The van der Waals surface area contributed by atoms with Crippen molar-refractivity contribution < 1.29 is 4.79 Å². The first-order valence-corrected chi connectivity index (χ1v) is 7.43. The SMILES string of the molecule is CCCCCCCCN1CCC(=O)C(C)C1C. The summed E-state index contributed by atoms with van der Waals surface area (Å²) in [7, 11) is 0. The van der Waals surface area contributed by atoms with Crippen molar-refractivity contribution in [1.82, 2.24) is 4.90 Å². The molecule has 1 rings (SSSR count). The quantitative estimate of drug-likeness (QED) is 0.632. The molecule has 0 amide bonds. The normalized spacial score (nSPS) is 26.4. The van der Waals surface area contributed by atoms with Crippen LogP contribution < -0.4 is 0 Å². The number of ketones is 1. The Balaban J connectivity index is 2.12. The maximum atomic E-state index is 11.6. The van der Waals surface area contributed by atoms with Crippen LogP contribution in [0.4, 0.5) is 0 Å². The van der Waals surface area contributed by atoms with Crippen LogP contribution in [0.5, 0.6) is 0 Å². The Kier molecular flexibility index (Phi) is 6.79. The molecule has 0 aromatic rings. The number of unbranched alkanes of at least 4 members (excludes halogenated alkanes) is 5. The standard InChI is InChI=1S/C15H29NO/c1-4-5-6-7-8-9-11-16-12-10-15(17)13(2)14(16)3/h13-14H,4-12H2,1-3H3. The molecule has 1 heterocycles. The summed E-state index contributed by atoms with van der Waals surface area (Å²) in [5, 5.41) is 0. The van der Waals surface area contributed by atoms with Crippen LogP contribution in [0.25, 0.3) is 0 Å². The number of nitrogens with zero attached hydrogens (tertiary/aromatic N) is 1. The number of likely N-dealkylation sites (tertiary alicyclic amines) is 1. The minimum absolute atomic E-state index is 0.240. The van der Waals surface area contributed by atoms with Crippen molar-refractivity contribution in [2.24, 2.45) is 5.92 Å². The van der Waals surface area contributed by atoms with Gasteiger partial charge in [0.2, 0.25) is 0 Å². The van der Waals surface area contributed by atoms with E-state index in [-0.39, 0.29) is 5.92 Å². The molecule has 2 nitrogen and oxygen atoms in total. The second-order valence-corrected chi connectivity index (χ2v) is 5.55. The smallest absolute Gasteiger partial charge is 0.138 e. The summed E-state index contributed by atoms with van der Waals surface area (Å²) in [6, 6.07) is 0.451. The van der Waals surface area contributed by atoms with Crippen LogP contribution in [0.1, 0.15) is 65.7 Å². The number of carbonyl (C=O) groups excluding carboxylic acids is 1. The number of rotatable bonds is 7. The van der Waals surface area contributed by atoms with Crippen molar-refractivity contribution in [2.45, 2.75) is 71.8 Å². The molecule has 0 bridgehead atoms. The molecule has 2 atom stereocenters. The summed E-state index contributed by atoms with van der Waals surface area (Å²) in [5.41, 5.74) is 0. The predicted octanol–water partition coefficient (Wildman–Crippen LogP) is 3.65. The number of hydrogen-bond donors (Lipinski definition) is 0. The van der Waals surface area contributed by atoms with Gasteiger partial charge in [0.05, 0.1) is 0 Å². The molecule has 0 saturated carbocycles. The van der Waals surface area contributed by atoms with Crippen molar-refractivity contribution in [3.8, 4) is 0 Å². The second-order valence-electron chi connectivity index (χ2n) is 5.55. The fourth-order valence-corrected chi connectivity index (χ4v) is 2.68. The topological polar surface area (TPSA) is 20.3 Å². The minimum atomic E-state index is 0.240. The molecule has 0 aromatic heterocycles. The van der Waals surface area contributed by atoms with E-state index < -0.39 is 0 Å². The van der Waals surface area contributed by atoms with Gasteiger partial charge in [-0.3, -0.25) is 9.69 Å². The molecule has 17 heavy (non-hydrogen) atoms. The number of Topliss-reactive ketones (excluding diaryl/α,β-unsaturated/α-hetero) is 1. The zero-order chi connectivity index (χ0) is 12.7. The van der Waals surface area contributed by atoms with E-state index in [0.717, 1.165) is 13.0 Å². The van der Waals surface area contributed by atoms with E-state index in [1.165, 1.54) is 45.1 Å². The minimum Gasteiger partial charge on any atom is -0.300 e. The van der Waals surface area contributed by atoms with Gasteiger partial charge in [0, 0.05) is 24.9 Å². The summed E-state index contributed by atoms with van der Waals surface area (Å²) in [6.07, 6.45) is 8.89. The summed E-state index contributed by atoms with van der Waals surface area (Å²) < 4.78 is 0. The number of piperidine rings is 1. The first-order chi connectivity index (χ1) is 8.16. The predicted molar refractivity (Wildman–Crippen MR) is 73.2 cm³/mol. The third-order valence-electron chi connectivity index (χ3n) is 4.25. The molecule has 0 N–H and O–H groups in total. The third-order valence-corrected chi connectivity index (χ3v) is 4.25. The summed E-state index contributed by atoms with van der Waals surface area (Å²) in [5.74, 6) is 0.695. The van der Waals surface area contributed by atoms with Crippen molar-refractivity contribution >= 4 is 5.78 Å². The summed E-state index contributed by atoms with van der Waals surface area (Å²) in [4.78, 5) is 14.1. The molecule has 0 aliphatic carbocycles. The van der Waals surface area contributed by atoms with Crippen LogP contribution in [0.3, 0.4) is 0 Å². The number of carbonyl (C=O) groups is 1. The molecule has 2 unspecified atom stereocenters.